The number of amides is 1. The summed E-state index contributed by atoms with van der Waals surface area (Å²) in [5.41, 5.74) is -0.167. The van der Waals surface area contributed by atoms with Gasteiger partial charge in [-0.2, -0.15) is 0 Å². The van der Waals surface area contributed by atoms with Gasteiger partial charge in [0.25, 0.3) is 5.56 Å². The van der Waals surface area contributed by atoms with Gasteiger partial charge in [-0.25, -0.2) is 4.79 Å². The first-order chi connectivity index (χ1) is 12.0. The van der Waals surface area contributed by atoms with Crippen LogP contribution in [0.4, 0.5) is 0 Å². The first-order valence-corrected chi connectivity index (χ1v) is 9.29. The second-order valence-electron chi connectivity index (χ2n) is 7.39. The molecule has 7 nitrogen and oxygen atoms in total. The zero-order chi connectivity index (χ0) is 18.0. The molecule has 3 heterocycles. The molecule has 1 aromatic rings. The van der Waals surface area contributed by atoms with Gasteiger partial charge in [-0.15, -0.1) is 0 Å². The van der Waals surface area contributed by atoms with Crippen LogP contribution < -0.4 is 11.2 Å². The number of piperidine rings is 1. The Bertz CT molecular complexity index is 725. The lowest BCUT2D eigenvalue weighted by molar-refractivity contribution is -0.132. The average molecular weight is 348 g/mol. The quantitative estimate of drug-likeness (QED) is 0.835. The van der Waals surface area contributed by atoms with Crippen LogP contribution in [0.3, 0.4) is 0 Å². The van der Waals surface area contributed by atoms with Crippen LogP contribution in [0.25, 0.3) is 0 Å². The molecule has 1 amide bonds. The van der Waals surface area contributed by atoms with Crippen LogP contribution in [-0.4, -0.2) is 57.9 Å². The molecule has 0 aromatic carbocycles. The lowest BCUT2D eigenvalue weighted by Gasteiger charge is -2.38. The third kappa shape index (κ3) is 4.03. The highest BCUT2D eigenvalue weighted by atomic mass is 16.2. The molecule has 0 aliphatic carbocycles. The minimum atomic E-state index is -0.532. The Morgan fingerprint density at radius 2 is 1.76 bits per heavy atom. The van der Waals surface area contributed by atoms with E-state index in [-0.39, 0.29) is 12.3 Å². The zero-order valence-electron chi connectivity index (χ0n) is 15.1. The Morgan fingerprint density at radius 3 is 2.36 bits per heavy atom. The molecule has 138 valence electrons. The summed E-state index contributed by atoms with van der Waals surface area (Å²) >= 11 is 0. The van der Waals surface area contributed by atoms with Gasteiger partial charge in [0.1, 0.15) is 0 Å². The third-order valence-electron chi connectivity index (χ3n) is 5.87. The molecular weight excluding hydrogens is 320 g/mol. The molecule has 2 aliphatic heterocycles. The average Bonchev–Trinajstić information content (AvgIpc) is 3.12. The second-order valence-corrected chi connectivity index (χ2v) is 7.39. The summed E-state index contributed by atoms with van der Waals surface area (Å²) in [4.78, 5) is 44.9. The summed E-state index contributed by atoms with van der Waals surface area (Å²) in [5.74, 6) is 0.605. The van der Waals surface area contributed by atoms with Crippen LogP contribution in [0.5, 0.6) is 0 Å². The maximum atomic E-state index is 12.6. The molecule has 1 atom stereocenters. The van der Waals surface area contributed by atoms with Crippen molar-refractivity contribution in [3.63, 3.8) is 0 Å². The highest BCUT2D eigenvalue weighted by molar-refractivity contribution is 5.79. The van der Waals surface area contributed by atoms with E-state index in [2.05, 4.69) is 21.8 Å². The minimum Gasteiger partial charge on any atom is -0.342 e. The lowest BCUT2D eigenvalue weighted by atomic mass is 9.89. The fraction of sp³-hybridized carbons (Fsp3) is 0.722. The van der Waals surface area contributed by atoms with Crippen molar-refractivity contribution in [2.45, 2.75) is 52.0 Å². The third-order valence-corrected chi connectivity index (χ3v) is 5.87. The smallest absolute Gasteiger partial charge is 0.325 e. The van der Waals surface area contributed by atoms with Crippen LogP contribution in [0, 0.1) is 12.8 Å². The van der Waals surface area contributed by atoms with E-state index in [0.717, 1.165) is 25.9 Å². The highest BCUT2D eigenvalue weighted by Gasteiger charge is 2.30. The normalized spacial score (nSPS) is 20.8. The Labute approximate surface area is 147 Å². The number of aromatic amines is 2. The summed E-state index contributed by atoms with van der Waals surface area (Å²) in [6.07, 6.45) is 4.68. The number of hydrogen-bond donors (Lipinski definition) is 2. The molecular formula is C18H28N4O3. The fourth-order valence-electron chi connectivity index (χ4n) is 4.18. The van der Waals surface area contributed by atoms with Crippen LogP contribution >= 0.6 is 0 Å². The summed E-state index contributed by atoms with van der Waals surface area (Å²) in [5, 5.41) is 0. The molecule has 25 heavy (non-hydrogen) atoms. The zero-order valence-corrected chi connectivity index (χ0v) is 15.1. The molecule has 0 spiro atoms. The summed E-state index contributed by atoms with van der Waals surface area (Å²) in [7, 11) is 0. The molecule has 0 saturated carbocycles. The van der Waals surface area contributed by atoms with E-state index in [9.17, 15) is 14.4 Å². The van der Waals surface area contributed by atoms with E-state index in [1.165, 1.54) is 25.9 Å². The van der Waals surface area contributed by atoms with Gasteiger partial charge in [0.15, 0.2) is 0 Å². The van der Waals surface area contributed by atoms with Crippen molar-refractivity contribution in [1.29, 1.82) is 0 Å². The Morgan fingerprint density at radius 1 is 1.12 bits per heavy atom. The first kappa shape index (κ1) is 17.9. The van der Waals surface area contributed by atoms with E-state index < -0.39 is 11.2 Å². The standard InChI is InChI=1S/C18H28N4O3/c1-12-15(17(24)20-18(25)19-12)11-16(23)22-9-5-14(6-10-22)13(2)21-7-3-4-8-21/h13-14H,3-11H2,1-2H3,(H2,19,20,24,25)/t13-/m1/s1. The summed E-state index contributed by atoms with van der Waals surface area (Å²) in [6, 6.07) is 0.587. The van der Waals surface area contributed by atoms with Gasteiger partial charge in [-0.3, -0.25) is 14.6 Å². The molecule has 2 fully saturated rings. The van der Waals surface area contributed by atoms with Crippen molar-refractivity contribution < 1.29 is 4.79 Å². The van der Waals surface area contributed by atoms with Crippen molar-refractivity contribution in [1.82, 2.24) is 19.8 Å². The van der Waals surface area contributed by atoms with E-state index in [1.807, 2.05) is 4.90 Å². The molecule has 2 N–H and O–H groups in total. The highest BCUT2D eigenvalue weighted by Crippen LogP contribution is 2.26. The van der Waals surface area contributed by atoms with E-state index in [4.69, 9.17) is 0 Å². The van der Waals surface area contributed by atoms with Gasteiger partial charge in [0, 0.05) is 30.4 Å². The van der Waals surface area contributed by atoms with E-state index >= 15 is 0 Å². The molecule has 1 aromatic heterocycles. The molecule has 3 rings (SSSR count). The Balaban J connectivity index is 1.57. The van der Waals surface area contributed by atoms with Crippen LogP contribution in [0.2, 0.25) is 0 Å². The summed E-state index contributed by atoms with van der Waals surface area (Å²) in [6.45, 7) is 7.88. The maximum absolute atomic E-state index is 12.6. The minimum absolute atomic E-state index is 0.0343. The van der Waals surface area contributed by atoms with Crippen LogP contribution in [0.15, 0.2) is 9.59 Å². The Hall–Kier alpha value is -1.89. The number of likely N-dealkylation sites (tertiary alicyclic amines) is 2. The van der Waals surface area contributed by atoms with E-state index in [0.29, 0.717) is 23.2 Å². The SMILES string of the molecule is Cc1[nH]c(=O)[nH]c(=O)c1CC(=O)N1CCC([C@@H](C)N2CCCC2)CC1. The first-order valence-electron chi connectivity index (χ1n) is 9.29. The maximum Gasteiger partial charge on any atom is 0.325 e. The predicted octanol–water partition coefficient (Wildman–Crippen LogP) is 0.637. The molecule has 2 aliphatic rings. The van der Waals surface area contributed by atoms with Crippen molar-refractivity contribution in [3.05, 3.63) is 32.1 Å². The number of carbonyl (C=O) groups excluding carboxylic acids is 1. The lowest BCUT2D eigenvalue weighted by Crippen LogP contribution is -2.45. The van der Waals surface area contributed by atoms with Crippen LogP contribution in [-0.2, 0) is 11.2 Å². The van der Waals surface area contributed by atoms with Gasteiger partial charge in [0.05, 0.1) is 6.42 Å². The predicted molar refractivity (Wildman–Crippen MR) is 95.7 cm³/mol. The van der Waals surface area contributed by atoms with E-state index in [1.54, 1.807) is 6.92 Å². The number of rotatable bonds is 4. The molecule has 7 heteroatoms. The van der Waals surface area contributed by atoms with Gasteiger partial charge in [-0.1, -0.05) is 0 Å². The number of nitrogens with one attached hydrogen (secondary N) is 2. The summed E-state index contributed by atoms with van der Waals surface area (Å²) < 4.78 is 0. The van der Waals surface area contributed by atoms with Crippen molar-refractivity contribution in [2.75, 3.05) is 26.2 Å². The van der Waals surface area contributed by atoms with Crippen molar-refractivity contribution in [2.24, 2.45) is 5.92 Å². The van der Waals surface area contributed by atoms with Gasteiger partial charge < -0.3 is 14.8 Å². The molecule has 0 bridgehead atoms. The number of hydrogen-bond acceptors (Lipinski definition) is 4. The molecule has 0 radical (unpaired) electrons. The van der Waals surface area contributed by atoms with Crippen molar-refractivity contribution >= 4 is 5.91 Å². The molecule has 0 unspecified atom stereocenters. The number of aryl methyl sites for hydroxylation is 1. The molecule has 2 saturated heterocycles. The second kappa shape index (κ2) is 7.56. The fourth-order valence-corrected chi connectivity index (χ4v) is 4.18. The topological polar surface area (TPSA) is 89.3 Å². The number of carbonyl (C=O) groups is 1. The van der Waals surface area contributed by atoms with Gasteiger partial charge in [0.2, 0.25) is 5.91 Å². The largest absolute Gasteiger partial charge is 0.342 e. The number of aromatic nitrogens is 2. The number of H-pyrrole nitrogens is 2. The number of nitrogens with zero attached hydrogens (tertiary/aromatic N) is 2. The van der Waals surface area contributed by atoms with Crippen LogP contribution in [0.1, 0.15) is 43.9 Å². The van der Waals surface area contributed by atoms with Gasteiger partial charge >= 0.3 is 5.69 Å². The monoisotopic (exact) mass is 348 g/mol. The van der Waals surface area contributed by atoms with Crippen molar-refractivity contribution in [3.8, 4) is 0 Å². The Kier molecular flexibility index (Phi) is 5.42. The van der Waals surface area contributed by atoms with Gasteiger partial charge in [-0.05, 0) is 58.5 Å².